The Hall–Kier alpha value is -0.650. The molecule has 3 aliphatic rings. The first-order valence-electron chi connectivity index (χ1n) is 7.73. The highest BCUT2D eigenvalue weighted by Crippen LogP contribution is 2.26. The minimum Gasteiger partial charge on any atom is -0.352 e. The second-order valence-electron chi connectivity index (χ2n) is 6.33. The van der Waals surface area contributed by atoms with E-state index in [1.807, 2.05) is 0 Å². The van der Waals surface area contributed by atoms with Crippen molar-refractivity contribution in [1.82, 2.24) is 20.9 Å². The number of hydrogen-bond donors (Lipinski definition) is 3. The number of piperazine rings is 1. The van der Waals surface area contributed by atoms with E-state index in [-0.39, 0.29) is 11.9 Å². The molecule has 3 fully saturated rings. The van der Waals surface area contributed by atoms with Gasteiger partial charge in [-0.25, -0.2) is 0 Å². The van der Waals surface area contributed by atoms with Gasteiger partial charge in [-0.15, -0.1) is 0 Å². The van der Waals surface area contributed by atoms with E-state index >= 15 is 0 Å². The molecule has 4 atom stereocenters. The summed E-state index contributed by atoms with van der Waals surface area (Å²) in [6.07, 6.45) is 4.89. The average molecular weight is 266 g/mol. The molecular weight excluding hydrogens is 240 g/mol. The van der Waals surface area contributed by atoms with Crippen LogP contribution in [-0.4, -0.2) is 61.2 Å². The van der Waals surface area contributed by atoms with E-state index in [1.54, 1.807) is 0 Å². The summed E-state index contributed by atoms with van der Waals surface area (Å²) in [6.45, 7) is 6.17. The molecule has 0 radical (unpaired) electrons. The van der Waals surface area contributed by atoms with Crippen LogP contribution >= 0.6 is 0 Å². The number of carbonyl (C=O) groups is 1. The highest BCUT2D eigenvalue weighted by Gasteiger charge is 2.33. The number of carbonyl (C=O) groups excluding carboxylic acids is 1. The maximum atomic E-state index is 12.2. The van der Waals surface area contributed by atoms with Crippen molar-refractivity contribution in [3.63, 3.8) is 0 Å². The van der Waals surface area contributed by atoms with E-state index in [4.69, 9.17) is 0 Å². The molecule has 3 saturated heterocycles. The molecule has 3 aliphatic heterocycles. The van der Waals surface area contributed by atoms with Crippen LogP contribution in [0.4, 0.5) is 0 Å². The van der Waals surface area contributed by atoms with Crippen molar-refractivity contribution in [2.24, 2.45) is 0 Å². The van der Waals surface area contributed by atoms with Gasteiger partial charge in [0, 0.05) is 37.8 Å². The Labute approximate surface area is 115 Å². The van der Waals surface area contributed by atoms with Crippen molar-refractivity contribution >= 4 is 5.91 Å². The number of nitrogens with one attached hydrogen (secondary N) is 3. The molecule has 19 heavy (non-hydrogen) atoms. The predicted octanol–water partition coefficient (Wildman–Crippen LogP) is -0.321. The second kappa shape index (κ2) is 5.77. The molecule has 108 valence electrons. The van der Waals surface area contributed by atoms with E-state index in [1.165, 1.54) is 19.4 Å². The maximum Gasteiger partial charge on any atom is 0.238 e. The lowest BCUT2D eigenvalue weighted by molar-refractivity contribution is -0.124. The molecule has 5 heteroatoms. The highest BCUT2D eigenvalue weighted by atomic mass is 16.2. The van der Waals surface area contributed by atoms with Crippen LogP contribution in [0.15, 0.2) is 0 Å². The third-order valence-corrected chi connectivity index (χ3v) is 4.82. The third kappa shape index (κ3) is 3.09. The van der Waals surface area contributed by atoms with Crippen LogP contribution in [0.5, 0.6) is 0 Å². The van der Waals surface area contributed by atoms with Crippen molar-refractivity contribution < 1.29 is 4.79 Å². The van der Waals surface area contributed by atoms with E-state index < -0.39 is 0 Å². The van der Waals surface area contributed by atoms with Crippen LogP contribution < -0.4 is 16.0 Å². The average Bonchev–Trinajstić information content (AvgIpc) is 2.87. The molecule has 4 unspecified atom stereocenters. The Morgan fingerprint density at radius 1 is 1.21 bits per heavy atom. The topological polar surface area (TPSA) is 56.4 Å². The summed E-state index contributed by atoms with van der Waals surface area (Å²) in [5.74, 6) is 0.177. The molecule has 3 rings (SSSR count). The van der Waals surface area contributed by atoms with Gasteiger partial charge in [0.1, 0.15) is 0 Å². The van der Waals surface area contributed by atoms with Gasteiger partial charge in [0.2, 0.25) is 5.91 Å². The SMILES string of the molecule is CC1CNC(C(=O)NC2CCN3CCCC3C2)CN1. The predicted molar refractivity (Wildman–Crippen MR) is 75.0 cm³/mol. The molecule has 3 heterocycles. The third-order valence-electron chi connectivity index (χ3n) is 4.82. The van der Waals surface area contributed by atoms with Crippen molar-refractivity contribution in [1.29, 1.82) is 0 Å². The van der Waals surface area contributed by atoms with E-state index in [9.17, 15) is 4.79 Å². The molecule has 0 bridgehead atoms. The summed E-state index contributed by atoms with van der Waals surface area (Å²) in [4.78, 5) is 14.8. The van der Waals surface area contributed by atoms with Gasteiger partial charge in [0.05, 0.1) is 6.04 Å². The van der Waals surface area contributed by atoms with Gasteiger partial charge in [-0.05, 0) is 39.2 Å². The molecular formula is C14H26N4O. The molecule has 0 saturated carbocycles. The number of amides is 1. The van der Waals surface area contributed by atoms with Crippen LogP contribution in [-0.2, 0) is 4.79 Å². The molecule has 0 aromatic rings. The fourth-order valence-electron chi connectivity index (χ4n) is 3.63. The van der Waals surface area contributed by atoms with E-state index in [2.05, 4.69) is 27.8 Å². The minimum absolute atomic E-state index is 0.0576. The van der Waals surface area contributed by atoms with Crippen LogP contribution in [0.25, 0.3) is 0 Å². The Kier molecular flexibility index (Phi) is 4.05. The quantitative estimate of drug-likeness (QED) is 0.641. The van der Waals surface area contributed by atoms with Gasteiger partial charge in [0.15, 0.2) is 0 Å². The van der Waals surface area contributed by atoms with Gasteiger partial charge in [-0.3, -0.25) is 4.79 Å². The monoisotopic (exact) mass is 266 g/mol. The zero-order valence-electron chi connectivity index (χ0n) is 11.8. The molecule has 0 aromatic heterocycles. The van der Waals surface area contributed by atoms with Crippen molar-refractivity contribution in [2.75, 3.05) is 26.2 Å². The summed E-state index contributed by atoms with van der Waals surface area (Å²) in [5, 5.41) is 9.92. The summed E-state index contributed by atoms with van der Waals surface area (Å²) >= 11 is 0. The van der Waals surface area contributed by atoms with Crippen molar-refractivity contribution in [3.8, 4) is 0 Å². The lowest BCUT2D eigenvalue weighted by Gasteiger charge is -2.36. The van der Waals surface area contributed by atoms with Gasteiger partial charge in [-0.2, -0.15) is 0 Å². The smallest absolute Gasteiger partial charge is 0.238 e. The number of fused-ring (bicyclic) bond motifs is 1. The molecule has 5 nitrogen and oxygen atoms in total. The fourth-order valence-corrected chi connectivity index (χ4v) is 3.63. The lowest BCUT2D eigenvalue weighted by Crippen LogP contribution is -2.60. The van der Waals surface area contributed by atoms with Crippen LogP contribution in [0.1, 0.15) is 32.6 Å². The zero-order valence-corrected chi connectivity index (χ0v) is 11.8. The number of hydrogen-bond acceptors (Lipinski definition) is 4. The Morgan fingerprint density at radius 3 is 2.89 bits per heavy atom. The standard InChI is InChI=1S/C14H26N4O/c1-10-8-16-13(9-15-10)14(19)17-11-4-6-18-5-2-3-12(18)7-11/h10-13,15-16H,2-9H2,1H3,(H,17,19). The van der Waals surface area contributed by atoms with Crippen molar-refractivity contribution in [3.05, 3.63) is 0 Å². The first-order valence-corrected chi connectivity index (χ1v) is 7.73. The summed E-state index contributed by atoms with van der Waals surface area (Å²) in [6, 6.07) is 1.51. The molecule has 3 N–H and O–H groups in total. The van der Waals surface area contributed by atoms with E-state index in [0.717, 1.165) is 38.5 Å². The number of rotatable bonds is 2. The first-order chi connectivity index (χ1) is 9.22. The molecule has 0 aromatic carbocycles. The fraction of sp³-hybridized carbons (Fsp3) is 0.929. The number of nitrogens with zero attached hydrogens (tertiary/aromatic N) is 1. The second-order valence-corrected chi connectivity index (χ2v) is 6.33. The largest absolute Gasteiger partial charge is 0.352 e. The van der Waals surface area contributed by atoms with Crippen molar-refractivity contribution in [2.45, 2.75) is 56.8 Å². The summed E-state index contributed by atoms with van der Waals surface area (Å²) < 4.78 is 0. The Morgan fingerprint density at radius 2 is 2.11 bits per heavy atom. The normalized spacial score (nSPS) is 39.8. The van der Waals surface area contributed by atoms with Crippen LogP contribution in [0.2, 0.25) is 0 Å². The first kappa shape index (κ1) is 13.3. The highest BCUT2D eigenvalue weighted by molar-refractivity contribution is 5.82. The Bertz CT molecular complexity index is 327. The van der Waals surface area contributed by atoms with Gasteiger partial charge < -0.3 is 20.9 Å². The minimum atomic E-state index is -0.0576. The van der Waals surface area contributed by atoms with Crippen LogP contribution in [0, 0.1) is 0 Å². The molecule has 1 amide bonds. The number of piperidine rings is 1. The maximum absolute atomic E-state index is 12.2. The van der Waals surface area contributed by atoms with E-state index in [0.29, 0.717) is 12.1 Å². The lowest BCUT2D eigenvalue weighted by atomic mass is 9.97. The van der Waals surface area contributed by atoms with Crippen LogP contribution in [0.3, 0.4) is 0 Å². The van der Waals surface area contributed by atoms with Gasteiger partial charge in [-0.1, -0.05) is 0 Å². The summed E-state index contributed by atoms with van der Waals surface area (Å²) in [5.41, 5.74) is 0. The summed E-state index contributed by atoms with van der Waals surface area (Å²) in [7, 11) is 0. The molecule has 0 spiro atoms. The van der Waals surface area contributed by atoms with Gasteiger partial charge in [0.25, 0.3) is 0 Å². The molecule has 0 aliphatic carbocycles. The Balaban J connectivity index is 1.47. The van der Waals surface area contributed by atoms with Gasteiger partial charge >= 0.3 is 0 Å². The zero-order chi connectivity index (χ0) is 13.2.